The predicted octanol–water partition coefficient (Wildman–Crippen LogP) is 1.46. The molecule has 3 rings (SSSR count). The number of benzene rings is 1. The van der Waals surface area contributed by atoms with Crippen LogP contribution in [-0.2, 0) is 16.1 Å². The number of aromatic nitrogens is 2. The van der Waals surface area contributed by atoms with Gasteiger partial charge >= 0.3 is 5.97 Å². The van der Waals surface area contributed by atoms with E-state index in [1.54, 1.807) is 23.1 Å². The summed E-state index contributed by atoms with van der Waals surface area (Å²) in [5, 5.41) is 15.5. The topological polar surface area (TPSA) is 105 Å². The van der Waals surface area contributed by atoms with Crippen LogP contribution in [0.25, 0.3) is 0 Å². The van der Waals surface area contributed by atoms with E-state index >= 15 is 0 Å². The van der Waals surface area contributed by atoms with E-state index in [-0.39, 0.29) is 24.3 Å². The largest absolute Gasteiger partial charge is 0.480 e. The van der Waals surface area contributed by atoms with Gasteiger partial charge in [0.25, 0.3) is 5.91 Å². The Morgan fingerprint density at radius 1 is 1.12 bits per heavy atom. The molecule has 1 aliphatic rings. The molecule has 1 aromatic carbocycles. The highest BCUT2D eigenvalue weighted by Gasteiger charge is 2.28. The SMILES string of the molecule is O=C(O)Cn1ccc(NC(=O)C2CCN(C(=O)c3ccccc3)CC2)n1. The van der Waals surface area contributed by atoms with Crippen molar-refractivity contribution in [2.24, 2.45) is 5.92 Å². The highest BCUT2D eigenvalue weighted by Crippen LogP contribution is 2.20. The monoisotopic (exact) mass is 356 g/mol. The van der Waals surface area contributed by atoms with E-state index in [4.69, 9.17) is 5.11 Å². The Kier molecular flexibility index (Phi) is 5.31. The summed E-state index contributed by atoms with van der Waals surface area (Å²) >= 11 is 0. The number of amides is 2. The number of aliphatic carboxylic acids is 1. The van der Waals surface area contributed by atoms with E-state index in [1.807, 2.05) is 18.2 Å². The number of anilines is 1. The maximum Gasteiger partial charge on any atom is 0.325 e. The first-order valence-electron chi connectivity index (χ1n) is 8.43. The second kappa shape index (κ2) is 7.81. The van der Waals surface area contributed by atoms with Crippen LogP contribution in [0.15, 0.2) is 42.6 Å². The van der Waals surface area contributed by atoms with Crippen LogP contribution in [0.2, 0.25) is 0 Å². The van der Waals surface area contributed by atoms with Gasteiger partial charge in [-0.15, -0.1) is 0 Å². The van der Waals surface area contributed by atoms with Crippen LogP contribution in [0.3, 0.4) is 0 Å². The summed E-state index contributed by atoms with van der Waals surface area (Å²) < 4.78 is 1.25. The Labute approximate surface area is 150 Å². The van der Waals surface area contributed by atoms with Crippen molar-refractivity contribution in [2.45, 2.75) is 19.4 Å². The molecule has 0 unspecified atom stereocenters. The fourth-order valence-corrected chi connectivity index (χ4v) is 2.99. The highest BCUT2D eigenvalue weighted by molar-refractivity contribution is 5.95. The number of rotatable bonds is 5. The van der Waals surface area contributed by atoms with Gasteiger partial charge in [0, 0.05) is 36.8 Å². The summed E-state index contributed by atoms with van der Waals surface area (Å²) in [5.41, 5.74) is 0.652. The molecule has 26 heavy (non-hydrogen) atoms. The average Bonchev–Trinajstić information content (AvgIpc) is 3.08. The van der Waals surface area contributed by atoms with Crippen LogP contribution < -0.4 is 5.32 Å². The number of carboxylic acid groups (broad SMARTS) is 1. The van der Waals surface area contributed by atoms with Crippen LogP contribution in [0.1, 0.15) is 23.2 Å². The molecular weight excluding hydrogens is 336 g/mol. The van der Waals surface area contributed by atoms with E-state index < -0.39 is 5.97 Å². The summed E-state index contributed by atoms with van der Waals surface area (Å²) in [4.78, 5) is 37.2. The number of carbonyl (C=O) groups is 3. The molecule has 0 atom stereocenters. The average molecular weight is 356 g/mol. The third-order valence-corrected chi connectivity index (χ3v) is 4.36. The highest BCUT2D eigenvalue weighted by atomic mass is 16.4. The lowest BCUT2D eigenvalue weighted by molar-refractivity contribution is -0.137. The molecule has 1 aromatic heterocycles. The van der Waals surface area contributed by atoms with E-state index in [0.717, 1.165) is 0 Å². The fourth-order valence-electron chi connectivity index (χ4n) is 2.99. The molecule has 2 amide bonds. The smallest absolute Gasteiger partial charge is 0.325 e. The number of piperidine rings is 1. The number of hydrogen-bond donors (Lipinski definition) is 2. The summed E-state index contributed by atoms with van der Waals surface area (Å²) in [5.74, 6) is -1.03. The normalized spacial score (nSPS) is 14.8. The van der Waals surface area contributed by atoms with Gasteiger partial charge in [-0.1, -0.05) is 18.2 Å². The molecule has 0 radical (unpaired) electrons. The first-order chi connectivity index (χ1) is 12.5. The summed E-state index contributed by atoms with van der Waals surface area (Å²) in [6.07, 6.45) is 2.67. The molecule has 2 aromatic rings. The van der Waals surface area contributed by atoms with Crippen molar-refractivity contribution in [3.05, 3.63) is 48.2 Å². The molecule has 136 valence electrons. The quantitative estimate of drug-likeness (QED) is 0.844. The van der Waals surface area contributed by atoms with Gasteiger partial charge < -0.3 is 15.3 Å². The summed E-state index contributed by atoms with van der Waals surface area (Å²) in [6, 6.07) is 10.7. The number of carboxylic acids is 1. The Morgan fingerprint density at radius 2 is 1.81 bits per heavy atom. The van der Waals surface area contributed by atoms with Crippen LogP contribution in [0, 0.1) is 5.92 Å². The lowest BCUT2D eigenvalue weighted by atomic mass is 9.95. The van der Waals surface area contributed by atoms with Crippen molar-refractivity contribution in [3.63, 3.8) is 0 Å². The van der Waals surface area contributed by atoms with Crippen molar-refractivity contribution < 1.29 is 19.5 Å². The van der Waals surface area contributed by atoms with Crippen molar-refractivity contribution in [2.75, 3.05) is 18.4 Å². The number of hydrogen-bond acceptors (Lipinski definition) is 4. The molecule has 1 aliphatic heterocycles. The molecule has 0 spiro atoms. The second-order valence-corrected chi connectivity index (χ2v) is 6.21. The first-order valence-corrected chi connectivity index (χ1v) is 8.43. The van der Waals surface area contributed by atoms with Gasteiger partial charge in [-0.2, -0.15) is 5.10 Å². The lowest BCUT2D eigenvalue weighted by Crippen LogP contribution is -2.41. The third-order valence-electron chi connectivity index (χ3n) is 4.36. The summed E-state index contributed by atoms with van der Waals surface area (Å²) in [7, 11) is 0. The second-order valence-electron chi connectivity index (χ2n) is 6.21. The maximum absolute atomic E-state index is 12.4. The fraction of sp³-hybridized carbons (Fsp3) is 0.333. The molecule has 0 saturated carbocycles. The van der Waals surface area contributed by atoms with Gasteiger partial charge in [-0.3, -0.25) is 19.1 Å². The van der Waals surface area contributed by atoms with Crippen molar-refractivity contribution >= 4 is 23.6 Å². The van der Waals surface area contributed by atoms with E-state index in [2.05, 4.69) is 10.4 Å². The lowest BCUT2D eigenvalue weighted by Gasteiger charge is -2.31. The van der Waals surface area contributed by atoms with Gasteiger partial charge in [0.2, 0.25) is 5.91 Å². The van der Waals surface area contributed by atoms with Crippen molar-refractivity contribution in [3.8, 4) is 0 Å². The molecule has 0 aliphatic carbocycles. The van der Waals surface area contributed by atoms with Crippen LogP contribution in [0.5, 0.6) is 0 Å². The van der Waals surface area contributed by atoms with Crippen LogP contribution in [0.4, 0.5) is 5.82 Å². The number of nitrogens with zero attached hydrogens (tertiary/aromatic N) is 3. The molecule has 0 bridgehead atoms. The van der Waals surface area contributed by atoms with E-state index in [1.165, 1.54) is 10.9 Å². The van der Waals surface area contributed by atoms with Crippen LogP contribution >= 0.6 is 0 Å². The number of likely N-dealkylation sites (tertiary alicyclic amines) is 1. The predicted molar refractivity (Wildman–Crippen MR) is 93.6 cm³/mol. The third kappa shape index (κ3) is 4.27. The van der Waals surface area contributed by atoms with Gasteiger partial charge in [-0.05, 0) is 25.0 Å². The standard InChI is InChI=1S/C18H20N4O4/c23-16(24)12-22-11-8-15(20-22)19-17(25)13-6-9-21(10-7-13)18(26)14-4-2-1-3-5-14/h1-5,8,11,13H,6-7,9-10,12H2,(H,23,24)(H,19,20,25). The molecule has 8 heteroatoms. The molecule has 1 saturated heterocycles. The van der Waals surface area contributed by atoms with Gasteiger partial charge in [0.1, 0.15) is 6.54 Å². The van der Waals surface area contributed by atoms with E-state index in [9.17, 15) is 14.4 Å². The van der Waals surface area contributed by atoms with E-state index in [0.29, 0.717) is 37.3 Å². The van der Waals surface area contributed by atoms with Gasteiger partial charge in [0.15, 0.2) is 5.82 Å². The maximum atomic E-state index is 12.4. The van der Waals surface area contributed by atoms with Crippen molar-refractivity contribution in [1.29, 1.82) is 0 Å². The van der Waals surface area contributed by atoms with Crippen LogP contribution in [-0.4, -0.2) is 50.7 Å². The van der Waals surface area contributed by atoms with Crippen molar-refractivity contribution in [1.82, 2.24) is 14.7 Å². The first kappa shape index (κ1) is 17.7. The molecular formula is C18H20N4O4. The van der Waals surface area contributed by atoms with Gasteiger partial charge in [-0.25, -0.2) is 0 Å². The Balaban J connectivity index is 1.51. The zero-order valence-corrected chi connectivity index (χ0v) is 14.2. The Hall–Kier alpha value is -3.16. The minimum Gasteiger partial charge on any atom is -0.480 e. The number of carbonyl (C=O) groups excluding carboxylic acids is 2. The zero-order valence-electron chi connectivity index (χ0n) is 14.2. The zero-order chi connectivity index (χ0) is 18.5. The minimum absolute atomic E-state index is 0.0168. The number of nitrogens with one attached hydrogen (secondary N) is 1. The van der Waals surface area contributed by atoms with Gasteiger partial charge in [0.05, 0.1) is 0 Å². The molecule has 8 nitrogen and oxygen atoms in total. The summed E-state index contributed by atoms with van der Waals surface area (Å²) in [6.45, 7) is 0.800. The Morgan fingerprint density at radius 3 is 2.46 bits per heavy atom. The molecule has 2 N–H and O–H groups in total. The molecule has 1 fully saturated rings. The minimum atomic E-state index is -0.999. The molecule has 2 heterocycles. The Bertz CT molecular complexity index is 795.